The van der Waals surface area contributed by atoms with Crippen molar-refractivity contribution < 1.29 is 14.7 Å². The number of amides is 1. The fourth-order valence-corrected chi connectivity index (χ4v) is 2.78. The average molecular weight is 329 g/mol. The minimum Gasteiger partial charge on any atom is -0.503 e. The van der Waals surface area contributed by atoms with E-state index in [1.54, 1.807) is 48.7 Å². The topological polar surface area (TPSA) is 70.5 Å². The average Bonchev–Trinajstić information content (AvgIpc) is 2.81. The standard InChI is InChI=1S/C17H13ClN2O3/c1-10(21)14-15(11-5-7-12(18)8-6-11)20(17(23)16(14)22)13-4-2-3-9-19-13/h2-9,15,22H,1H3. The third-order valence-electron chi connectivity index (χ3n) is 3.67. The first-order valence-corrected chi connectivity index (χ1v) is 7.32. The fourth-order valence-electron chi connectivity index (χ4n) is 2.66. The molecular weight excluding hydrogens is 316 g/mol. The van der Waals surface area contributed by atoms with Gasteiger partial charge in [0.1, 0.15) is 5.82 Å². The summed E-state index contributed by atoms with van der Waals surface area (Å²) in [6.45, 7) is 1.32. The number of aliphatic hydroxyl groups is 1. The maximum atomic E-state index is 12.5. The Balaban J connectivity index is 2.17. The molecule has 3 rings (SSSR count). The van der Waals surface area contributed by atoms with Crippen molar-refractivity contribution in [3.05, 3.63) is 70.6 Å². The predicted octanol–water partition coefficient (Wildman–Crippen LogP) is 3.22. The lowest BCUT2D eigenvalue weighted by molar-refractivity contribution is -0.117. The van der Waals surface area contributed by atoms with Crippen LogP contribution in [-0.2, 0) is 9.59 Å². The van der Waals surface area contributed by atoms with Crippen LogP contribution in [0.15, 0.2) is 60.0 Å². The lowest BCUT2D eigenvalue weighted by Gasteiger charge is -2.25. The van der Waals surface area contributed by atoms with Crippen molar-refractivity contribution in [2.24, 2.45) is 0 Å². The van der Waals surface area contributed by atoms with Gasteiger partial charge >= 0.3 is 0 Å². The van der Waals surface area contributed by atoms with Crippen molar-refractivity contribution in [1.29, 1.82) is 0 Å². The highest BCUT2D eigenvalue weighted by Gasteiger charge is 2.43. The molecule has 1 amide bonds. The van der Waals surface area contributed by atoms with Gasteiger partial charge in [-0.25, -0.2) is 4.98 Å². The molecule has 116 valence electrons. The molecule has 0 aliphatic carbocycles. The molecule has 2 heterocycles. The molecule has 23 heavy (non-hydrogen) atoms. The molecule has 1 aliphatic heterocycles. The molecule has 1 aromatic carbocycles. The highest BCUT2D eigenvalue weighted by molar-refractivity contribution is 6.30. The van der Waals surface area contributed by atoms with Crippen molar-refractivity contribution in [2.75, 3.05) is 4.90 Å². The molecule has 6 heteroatoms. The minimum absolute atomic E-state index is 0.0583. The quantitative estimate of drug-likeness (QED) is 0.939. The van der Waals surface area contributed by atoms with Gasteiger partial charge in [0.15, 0.2) is 11.5 Å². The van der Waals surface area contributed by atoms with Gasteiger partial charge in [0.05, 0.1) is 11.6 Å². The summed E-state index contributed by atoms with van der Waals surface area (Å²) in [6, 6.07) is 11.2. The summed E-state index contributed by atoms with van der Waals surface area (Å²) in [5, 5.41) is 10.7. The van der Waals surface area contributed by atoms with Crippen LogP contribution in [0.1, 0.15) is 18.5 Å². The highest BCUT2D eigenvalue weighted by atomic mass is 35.5. The molecule has 0 bridgehead atoms. The summed E-state index contributed by atoms with van der Waals surface area (Å²) in [5.41, 5.74) is 0.727. The van der Waals surface area contributed by atoms with Crippen molar-refractivity contribution in [3.63, 3.8) is 0 Å². The van der Waals surface area contributed by atoms with E-state index < -0.39 is 17.7 Å². The number of carbonyl (C=O) groups is 2. The zero-order valence-electron chi connectivity index (χ0n) is 12.2. The number of Topliss-reactive ketones (excluding diaryl/α,β-unsaturated/α-hetero) is 1. The van der Waals surface area contributed by atoms with Gasteiger partial charge < -0.3 is 5.11 Å². The maximum Gasteiger partial charge on any atom is 0.295 e. The van der Waals surface area contributed by atoms with Crippen molar-refractivity contribution in [1.82, 2.24) is 4.98 Å². The van der Waals surface area contributed by atoms with Crippen LogP contribution in [0.25, 0.3) is 0 Å². The minimum atomic E-state index is -0.729. The molecule has 1 aliphatic rings. The van der Waals surface area contributed by atoms with E-state index in [0.717, 1.165) is 0 Å². The van der Waals surface area contributed by atoms with Gasteiger partial charge in [-0.1, -0.05) is 29.8 Å². The van der Waals surface area contributed by atoms with Gasteiger partial charge in [-0.2, -0.15) is 0 Å². The Hall–Kier alpha value is -2.66. The van der Waals surface area contributed by atoms with E-state index in [1.807, 2.05) is 0 Å². The molecule has 5 nitrogen and oxygen atoms in total. The number of carbonyl (C=O) groups excluding carboxylic acids is 2. The first-order chi connectivity index (χ1) is 11.0. The van der Waals surface area contributed by atoms with Crippen molar-refractivity contribution >= 4 is 29.1 Å². The molecule has 1 aromatic heterocycles. The van der Waals surface area contributed by atoms with Gasteiger partial charge in [0, 0.05) is 11.2 Å². The van der Waals surface area contributed by atoms with E-state index >= 15 is 0 Å². The first kappa shape index (κ1) is 15.2. The van der Waals surface area contributed by atoms with E-state index in [0.29, 0.717) is 16.4 Å². The normalized spacial score (nSPS) is 17.7. The second kappa shape index (κ2) is 5.85. The van der Waals surface area contributed by atoms with Gasteiger partial charge in [-0.15, -0.1) is 0 Å². The second-order valence-electron chi connectivity index (χ2n) is 5.14. The summed E-state index contributed by atoms with van der Waals surface area (Å²) < 4.78 is 0. The molecule has 0 fully saturated rings. The number of halogens is 1. The monoisotopic (exact) mass is 328 g/mol. The van der Waals surface area contributed by atoms with Crippen LogP contribution >= 0.6 is 11.6 Å². The van der Waals surface area contributed by atoms with Crippen molar-refractivity contribution in [2.45, 2.75) is 13.0 Å². The third-order valence-corrected chi connectivity index (χ3v) is 3.92. The summed E-state index contributed by atoms with van der Waals surface area (Å²) in [7, 11) is 0. The van der Waals surface area contributed by atoms with E-state index in [2.05, 4.69) is 4.98 Å². The first-order valence-electron chi connectivity index (χ1n) is 6.95. The van der Waals surface area contributed by atoms with Gasteiger partial charge in [-0.3, -0.25) is 14.5 Å². The summed E-state index contributed by atoms with van der Waals surface area (Å²) in [6.07, 6.45) is 1.55. The number of aromatic nitrogens is 1. The summed E-state index contributed by atoms with van der Waals surface area (Å²) in [4.78, 5) is 29.9. The van der Waals surface area contributed by atoms with Crippen LogP contribution in [0, 0.1) is 0 Å². The number of rotatable bonds is 3. The Bertz CT molecular complexity index is 800. The van der Waals surface area contributed by atoms with Crippen LogP contribution in [-0.4, -0.2) is 21.8 Å². The number of ketones is 1. The van der Waals surface area contributed by atoms with Gasteiger partial charge in [-0.05, 0) is 36.8 Å². The van der Waals surface area contributed by atoms with Crippen molar-refractivity contribution in [3.8, 4) is 0 Å². The largest absolute Gasteiger partial charge is 0.503 e. The Morgan fingerprint density at radius 3 is 2.48 bits per heavy atom. The molecular formula is C17H13ClN2O3. The molecule has 1 atom stereocenters. The smallest absolute Gasteiger partial charge is 0.295 e. The Morgan fingerprint density at radius 1 is 1.22 bits per heavy atom. The third kappa shape index (κ3) is 2.59. The maximum absolute atomic E-state index is 12.5. The number of pyridine rings is 1. The molecule has 0 radical (unpaired) electrons. The van der Waals surface area contributed by atoms with E-state index in [9.17, 15) is 14.7 Å². The second-order valence-corrected chi connectivity index (χ2v) is 5.57. The zero-order valence-corrected chi connectivity index (χ0v) is 13.0. The Morgan fingerprint density at radius 2 is 1.91 bits per heavy atom. The Kier molecular flexibility index (Phi) is 3.88. The molecule has 0 saturated heterocycles. The number of hydrogen-bond donors (Lipinski definition) is 1. The molecule has 0 spiro atoms. The Labute approximate surface area is 137 Å². The fraction of sp³-hybridized carbons (Fsp3) is 0.118. The van der Waals surface area contributed by atoms with Crippen LogP contribution in [0.2, 0.25) is 5.02 Å². The van der Waals surface area contributed by atoms with E-state index in [-0.39, 0.29) is 11.4 Å². The van der Waals surface area contributed by atoms with Gasteiger partial charge in [0.25, 0.3) is 5.91 Å². The number of hydrogen-bond acceptors (Lipinski definition) is 4. The number of nitrogens with zero attached hydrogens (tertiary/aromatic N) is 2. The predicted molar refractivity (Wildman–Crippen MR) is 86.3 cm³/mol. The van der Waals surface area contributed by atoms with Crippen LogP contribution in [0.4, 0.5) is 5.82 Å². The lowest BCUT2D eigenvalue weighted by Crippen LogP contribution is -2.31. The SMILES string of the molecule is CC(=O)C1=C(O)C(=O)N(c2ccccn2)C1c1ccc(Cl)cc1. The summed E-state index contributed by atoms with van der Waals surface area (Å²) in [5.74, 6) is -1.19. The van der Waals surface area contributed by atoms with Gasteiger partial charge in [0.2, 0.25) is 0 Å². The van der Waals surface area contributed by atoms with Crippen LogP contribution < -0.4 is 4.90 Å². The number of aliphatic hydroxyl groups excluding tert-OH is 1. The van der Waals surface area contributed by atoms with E-state index in [1.165, 1.54) is 11.8 Å². The lowest BCUT2D eigenvalue weighted by atomic mass is 9.97. The van der Waals surface area contributed by atoms with E-state index in [4.69, 9.17) is 11.6 Å². The molecule has 0 saturated carbocycles. The molecule has 1 unspecified atom stereocenters. The van der Waals surface area contributed by atoms with Crippen LogP contribution in [0.5, 0.6) is 0 Å². The zero-order chi connectivity index (χ0) is 16.6. The highest BCUT2D eigenvalue weighted by Crippen LogP contribution is 2.40. The number of anilines is 1. The molecule has 1 N–H and O–H groups in total. The van der Waals surface area contributed by atoms with Crippen LogP contribution in [0.3, 0.4) is 0 Å². The number of benzene rings is 1. The summed E-state index contributed by atoms with van der Waals surface area (Å²) >= 11 is 5.91. The molecule has 2 aromatic rings.